The van der Waals surface area contributed by atoms with E-state index in [1.165, 1.54) is 32.2 Å². The number of nitrogens with zero attached hydrogens (tertiary/aromatic N) is 1. The van der Waals surface area contributed by atoms with Crippen molar-refractivity contribution in [3.63, 3.8) is 0 Å². The highest BCUT2D eigenvalue weighted by Gasteiger charge is 2.35. The standard InChI is InChI=1S/C11H18N/c1-3-9-5-4-6-10-7-8-12(2)11(9)10/h3,10H,4-8H2,1-2H3/q+1/b9-3-. The molecule has 2 aliphatic rings. The molecule has 0 radical (unpaired) electrons. The summed E-state index contributed by atoms with van der Waals surface area (Å²) in [5, 5.41) is 0. The number of allylic oxidation sites excluding steroid dienone is 2. The van der Waals surface area contributed by atoms with Gasteiger partial charge in [-0.1, -0.05) is 6.08 Å². The van der Waals surface area contributed by atoms with Gasteiger partial charge >= 0.3 is 0 Å². The van der Waals surface area contributed by atoms with Crippen molar-refractivity contribution >= 4 is 5.71 Å². The van der Waals surface area contributed by atoms with E-state index in [0.717, 1.165) is 5.92 Å². The van der Waals surface area contributed by atoms with Gasteiger partial charge in [0, 0.05) is 17.9 Å². The van der Waals surface area contributed by atoms with Crippen LogP contribution in [0, 0.1) is 5.92 Å². The molecule has 1 fully saturated rings. The van der Waals surface area contributed by atoms with Crippen LogP contribution >= 0.6 is 0 Å². The lowest BCUT2D eigenvalue weighted by atomic mass is 9.83. The number of hydrogen-bond donors (Lipinski definition) is 0. The van der Waals surface area contributed by atoms with E-state index in [1.54, 1.807) is 11.3 Å². The van der Waals surface area contributed by atoms with Gasteiger partial charge in [-0.05, 0) is 26.2 Å². The van der Waals surface area contributed by atoms with Gasteiger partial charge in [0.1, 0.15) is 13.6 Å². The van der Waals surface area contributed by atoms with Crippen molar-refractivity contribution in [2.75, 3.05) is 13.6 Å². The van der Waals surface area contributed by atoms with E-state index in [1.807, 2.05) is 0 Å². The van der Waals surface area contributed by atoms with Crippen LogP contribution in [0.15, 0.2) is 11.6 Å². The predicted octanol–water partition coefficient (Wildman–Crippen LogP) is 2.22. The average Bonchev–Trinajstić information content (AvgIpc) is 2.48. The Hall–Kier alpha value is -0.590. The van der Waals surface area contributed by atoms with Gasteiger partial charge in [-0.15, -0.1) is 0 Å². The number of rotatable bonds is 0. The van der Waals surface area contributed by atoms with E-state index in [4.69, 9.17) is 0 Å². The van der Waals surface area contributed by atoms with Crippen LogP contribution < -0.4 is 0 Å². The minimum Gasteiger partial charge on any atom is -0.236 e. The van der Waals surface area contributed by atoms with Gasteiger partial charge in [0.25, 0.3) is 0 Å². The van der Waals surface area contributed by atoms with Crippen molar-refractivity contribution in [3.8, 4) is 0 Å². The third-order valence-electron chi connectivity index (χ3n) is 3.29. The smallest absolute Gasteiger partial charge is 0.182 e. The summed E-state index contributed by atoms with van der Waals surface area (Å²) in [6, 6.07) is 0. The highest BCUT2D eigenvalue weighted by Crippen LogP contribution is 2.31. The van der Waals surface area contributed by atoms with Crippen molar-refractivity contribution in [1.29, 1.82) is 0 Å². The van der Waals surface area contributed by atoms with Gasteiger partial charge in [-0.3, -0.25) is 0 Å². The van der Waals surface area contributed by atoms with E-state index >= 15 is 0 Å². The van der Waals surface area contributed by atoms with E-state index < -0.39 is 0 Å². The highest BCUT2D eigenvalue weighted by molar-refractivity contribution is 5.99. The molecular weight excluding hydrogens is 146 g/mol. The van der Waals surface area contributed by atoms with Crippen LogP contribution in [-0.4, -0.2) is 23.9 Å². The molecule has 1 saturated carbocycles. The first-order chi connectivity index (χ1) is 5.83. The fourth-order valence-corrected chi connectivity index (χ4v) is 2.67. The Morgan fingerprint density at radius 3 is 3.00 bits per heavy atom. The summed E-state index contributed by atoms with van der Waals surface area (Å²) in [5.41, 5.74) is 3.27. The van der Waals surface area contributed by atoms with Gasteiger partial charge in [-0.25, -0.2) is 4.58 Å². The molecule has 0 aromatic carbocycles. The second kappa shape index (κ2) is 3.04. The molecule has 0 bridgehead atoms. The van der Waals surface area contributed by atoms with Crippen LogP contribution in [0.1, 0.15) is 32.6 Å². The molecule has 1 atom stereocenters. The summed E-state index contributed by atoms with van der Waals surface area (Å²) in [4.78, 5) is 0. The van der Waals surface area contributed by atoms with Gasteiger partial charge in [0.05, 0.1) is 0 Å². The first-order valence-electron chi connectivity index (χ1n) is 5.06. The molecule has 1 heterocycles. The summed E-state index contributed by atoms with van der Waals surface area (Å²) in [7, 11) is 2.24. The third-order valence-corrected chi connectivity index (χ3v) is 3.29. The molecule has 12 heavy (non-hydrogen) atoms. The molecule has 0 N–H and O–H groups in total. The Morgan fingerprint density at radius 2 is 2.25 bits per heavy atom. The summed E-state index contributed by atoms with van der Waals surface area (Å²) in [6.07, 6.45) is 7.85. The van der Waals surface area contributed by atoms with Crippen LogP contribution in [0.3, 0.4) is 0 Å². The third kappa shape index (κ3) is 1.12. The SMILES string of the molecule is C/C=C1/CCCC2CC[N+](C)=C12. The monoisotopic (exact) mass is 164 g/mol. The number of fused-ring (bicyclic) bond motifs is 1. The van der Waals surface area contributed by atoms with Crippen molar-refractivity contribution < 1.29 is 4.58 Å². The molecular formula is C11H18N+. The first kappa shape index (κ1) is 8.03. The molecule has 1 nitrogen and oxygen atoms in total. The second-order valence-electron chi connectivity index (χ2n) is 4.00. The van der Waals surface area contributed by atoms with Gasteiger partial charge < -0.3 is 0 Å². The Bertz CT molecular complexity index is 248. The molecule has 1 unspecified atom stereocenters. The largest absolute Gasteiger partial charge is 0.236 e. The quantitative estimate of drug-likeness (QED) is 0.483. The fourth-order valence-electron chi connectivity index (χ4n) is 2.67. The van der Waals surface area contributed by atoms with E-state index in [-0.39, 0.29) is 0 Å². The van der Waals surface area contributed by atoms with Gasteiger partial charge in [-0.2, -0.15) is 0 Å². The Morgan fingerprint density at radius 1 is 1.42 bits per heavy atom. The second-order valence-corrected chi connectivity index (χ2v) is 4.00. The van der Waals surface area contributed by atoms with E-state index in [2.05, 4.69) is 24.6 Å². The van der Waals surface area contributed by atoms with E-state index in [0.29, 0.717) is 0 Å². The Kier molecular flexibility index (Phi) is 2.03. The lowest BCUT2D eigenvalue weighted by Crippen LogP contribution is -2.22. The van der Waals surface area contributed by atoms with E-state index in [9.17, 15) is 0 Å². The topological polar surface area (TPSA) is 3.01 Å². The van der Waals surface area contributed by atoms with Crippen LogP contribution in [-0.2, 0) is 0 Å². The lowest BCUT2D eigenvalue weighted by molar-refractivity contribution is -0.488. The zero-order valence-electron chi connectivity index (χ0n) is 8.14. The molecule has 2 rings (SSSR count). The van der Waals surface area contributed by atoms with Gasteiger partial charge in [0.2, 0.25) is 0 Å². The maximum Gasteiger partial charge on any atom is 0.182 e. The summed E-state index contributed by atoms with van der Waals surface area (Å²) in [6.45, 7) is 3.45. The summed E-state index contributed by atoms with van der Waals surface area (Å²) >= 11 is 0. The molecule has 0 aromatic rings. The zero-order chi connectivity index (χ0) is 8.55. The zero-order valence-corrected chi connectivity index (χ0v) is 8.14. The molecule has 0 aromatic heterocycles. The lowest BCUT2D eigenvalue weighted by Gasteiger charge is -2.17. The summed E-state index contributed by atoms with van der Waals surface area (Å²) < 4.78 is 2.46. The van der Waals surface area contributed by atoms with Crippen molar-refractivity contribution in [2.24, 2.45) is 5.92 Å². The molecule has 1 heteroatoms. The van der Waals surface area contributed by atoms with Crippen LogP contribution in [0.25, 0.3) is 0 Å². The van der Waals surface area contributed by atoms with Gasteiger partial charge in [0.15, 0.2) is 5.71 Å². The van der Waals surface area contributed by atoms with Crippen LogP contribution in [0.2, 0.25) is 0 Å². The summed E-state index contributed by atoms with van der Waals surface area (Å²) in [5.74, 6) is 0.898. The maximum absolute atomic E-state index is 2.46. The van der Waals surface area contributed by atoms with Crippen molar-refractivity contribution in [1.82, 2.24) is 0 Å². The van der Waals surface area contributed by atoms with Crippen LogP contribution in [0.5, 0.6) is 0 Å². The van der Waals surface area contributed by atoms with Crippen LogP contribution in [0.4, 0.5) is 0 Å². The van der Waals surface area contributed by atoms with Crippen molar-refractivity contribution in [3.05, 3.63) is 11.6 Å². The molecule has 0 saturated heterocycles. The highest BCUT2D eigenvalue weighted by atomic mass is 15.0. The first-order valence-corrected chi connectivity index (χ1v) is 5.06. The van der Waals surface area contributed by atoms with Crippen molar-refractivity contribution in [2.45, 2.75) is 32.6 Å². The maximum atomic E-state index is 2.46. The number of hydrogen-bond acceptors (Lipinski definition) is 0. The Labute approximate surface area is 74.8 Å². The average molecular weight is 164 g/mol. The molecule has 1 aliphatic heterocycles. The Balaban J connectivity index is 2.34. The minimum atomic E-state index is 0.898. The molecule has 0 amide bonds. The molecule has 1 aliphatic carbocycles. The normalized spacial score (nSPS) is 32.8. The molecule has 66 valence electrons. The predicted molar refractivity (Wildman–Crippen MR) is 51.8 cm³/mol. The minimum absolute atomic E-state index is 0.898. The molecule has 0 spiro atoms. The fraction of sp³-hybridized carbons (Fsp3) is 0.727.